The Bertz CT molecular complexity index is 1120. The number of carboxylic acids is 1. The van der Waals surface area contributed by atoms with Crippen LogP contribution in [0.15, 0.2) is 50.5 Å². The first kappa shape index (κ1) is 16.9. The lowest BCUT2D eigenvalue weighted by atomic mass is 10.1. The molecule has 0 aliphatic carbocycles. The molecule has 0 atom stereocenters. The van der Waals surface area contributed by atoms with Gasteiger partial charge in [-0.2, -0.15) is 0 Å². The fourth-order valence-corrected chi connectivity index (χ4v) is 3.27. The monoisotopic (exact) mass is 366 g/mol. The summed E-state index contributed by atoms with van der Waals surface area (Å²) in [7, 11) is -4.22. The molecule has 0 saturated carbocycles. The minimum atomic E-state index is -4.22. The number of carboxylic acid groups (broad SMARTS) is 1. The van der Waals surface area contributed by atoms with E-state index in [0.29, 0.717) is 5.56 Å². The quantitative estimate of drug-likeness (QED) is 0.626. The van der Waals surface area contributed by atoms with E-state index in [-0.39, 0.29) is 23.2 Å². The smallest absolute Gasteiger partial charge is 0.417 e. The summed E-state index contributed by atoms with van der Waals surface area (Å²) in [5.41, 5.74) is 0.511. The molecule has 0 aliphatic rings. The lowest BCUT2D eigenvalue weighted by Gasteiger charge is -2.08. The maximum Gasteiger partial charge on any atom is 0.417 e. The van der Waals surface area contributed by atoms with Crippen molar-refractivity contribution in [1.82, 2.24) is 9.71 Å². The number of H-pyrrole nitrogens is 1. The first-order valence-electron chi connectivity index (χ1n) is 6.90. The Balaban J connectivity index is 1.85. The number of benzene rings is 2. The van der Waals surface area contributed by atoms with Crippen LogP contribution in [0.5, 0.6) is 0 Å². The Kier molecular flexibility index (Phi) is 4.15. The molecule has 25 heavy (non-hydrogen) atoms. The Morgan fingerprint density at radius 1 is 1.24 bits per heavy atom. The number of aromatic nitrogens is 1. The maximum absolute atomic E-state index is 14.0. The highest BCUT2D eigenvalue weighted by atomic mass is 32.2. The molecule has 0 spiro atoms. The van der Waals surface area contributed by atoms with E-state index in [1.54, 1.807) is 0 Å². The molecule has 3 N–H and O–H groups in total. The predicted octanol–water partition coefficient (Wildman–Crippen LogP) is 1.44. The van der Waals surface area contributed by atoms with Crippen molar-refractivity contribution >= 4 is 27.1 Å². The van der Waals surface area contributed by atoms with E-state index in [2.05, 4.69) is 9.71 Å². The zero-order chi connectivity index (χ0) is 18.2. The summed E-state index contributed by atoms with van der Waals surface area (Å²) in [4.78, 5) is 23.4. The van der Waals surface area contributed by atoms with Gasteiger partial charge in [-0.1, -0.05) is 12.1 Å². The van der Waals surface area contributed by atoms with Gasteiger partial charge in [-0.3, -0.25) is 4.98 Å². The van der Waals surface area contributed by atoms with Gasteiger partial charge in [-0.25, -0.2) is 27.1 Å². The van der Waals surface area contributed by atoms with E-state index in [4.69, 9.17) is 9.52 Å². The molecular formula is C15H11FN2O6S. The summed E-state index contributed by atoms with van der Waals surface area (Å²) in [6.45, 7) is -0.170. The van der Waals surface area contributed by atoms with Gasteiger partial charge in [0.25, 0.3) is 0 Å². The minimum absolute atomic E-state index is 0.0470. The first-order chi connectivity index (χ1) is 11.8. The average Bonchev–Trinajstić information content (AvgIpc) is 2.91. The Morgan fingerprint density at radius 2 is 1.92 bits per heavy atom. The Hall–Kier alpha value is -2.98. The van der Waals surface area contributed by atoms with Crippen molar-refractivity contribution in [3.05, 3.63) is 63.9 Å². The largest absolute Gasteiger partial charge is 0.478 e. The maximum atomic E-state index is 14.0. The van der Waals surface area contributed by atoms with E-state index in [0.717, 1.165) is 12.1 Å². The molecule has 0 fully saturated rings. The number of nitrogens with one attached hydrogen (secondary N) is 2. The molecule has 1 aromatic heterocycles. The summed E-state index contributed by atoms with van der Waals surface area (Å²) in [6, 6.07) is 7.31. The van der Waals surface area contributed by atoms with Gasteiger partial charge in [-0.05, 0) is 17.7 Å². The molecular weight excluding hydrogens is 355 g/mol. The van der Waals surface area contributed by atoms with Gasteiger partial charge < -0.3 is 9.52 Å². The SMILES string of the molecule is O=C(O)c1ccc(CNS(=O)(=O)c2cc3oc(=O)[nH]c3cc2F)cc1. The van der Waals surface area contributed by atoms with E-state index in [1.165, 1.54) is 24.3 Å². The van der Waals surface area contributed by atoms with Crippen LogP contribution in [0.1, 0.15) is 15.9 Å². The van der Waals surface area contributed by atoms with Crippen LogP contribution in [0.3, 0.4) is 0 Å². The van der Waals surface area contributed by atoms with Crippen LogP contribution in [0.25, 0.3) is 11.1 Å². The lowest BCUT2D eigenvalue weighted by Crippen LogP contribution is -2.24. The molecule has 3 aromatic rings. The van der Waals surface area contributed by atoms with Gasteiger partial charge in [0, 0.05) is 18.7 Å². The van der Waals surface area contributed by atoms with Crippen molar-refractivity contribution < 1.29 is 27.1 Å². The molecule has 0 radical (unpaired) electrons. The highest BCUT2D eigenvalue weighted by Gasteiger charge is 2.21. The van der Waals surface area contributed by atoms with Crippen LogP contribution in [-0.4, -0.2) is 24.5 Å². The fraction of sp³-hybridized carbons (Fsp3) is 0.0667. The molecule has 2 aromatic carbocycles. The number of carbonyl (C=O) groups is 1. The third-order valence-corrected chi connectivity index (χ3v) is 4.85. The number of fused-ring (bicyclic) bond motifs is 1. The molecule has 3 rings (SSSR count). The number of halogens is 1. The number of aromatic carboxylic acids is 1. The third kappa shape index (κ3) is 3.44. The van der Waals surface area contributed by atoms with Crippen LogP contribution >= 0.6 is 0 Å². The summed E-state index contributed by atoms with van der Waals surface area (Å²) >= 11 is 0. The Morgan fingerprint density at radius 3 is 2.56 bits per heavy atom. The van der Waals surface area contributed by atoms with Crippen LogP contribution < -0.4 is 10.5 Å². The summed E-state index contributed by atoms with van der Waals surface area (Å²) < 4.78 is 45.5. The Labute approximate surface area is 140 Å². The van der Waals surface area contributed by atoms with Crippen LogP contribution in [0, 0.1) is 5.82 Å². The van der Waals surface area contributed by atoms with Gasteiger partial charge in [-0.15, -0.1) is 0 Å². The summed E-state index contributed by atoms with van der Waals surface area (Å²) in [5, 5.41) is 8.82. The standard InChI is InChI=1S/C15H11FN2O6S/c16-10-5-11-12(24-15(21)18-11)6-13(10)25(22,23)17-7-8-1-3-9(4-2-8)14(19)20/h1-6,17H,7H2,(H,18,21)(H,19,20). The number of oxazole rings is 1. The van der Waals surface area contributed by atoms with Gasteiger partial charge in [0.15, 0.2) is 5.58 Å². The molecule has 0 amide bonds. The van der Waals surface area contributed by atoms with Gasteiger partial charge in [0.05, 0.1) is 11.1 Å². The first-order valence-corrected chi connectivity index (χ1v) is 8.39. The molecule has 10 heteroatoms. The van der Waals surface area contributed by atoms with Crippen molar-refractivity contribution in [2.75, 3.05) is 0 Å². The van der Waals surface area contributed by atoms with Gasteiger partial charge in [0.1, 0.15) is 10.7 Å². The number of rotatable bonds is 5. The third-order valence-electron chi connectivity index (χ3n) is 3.43. The van der Waals surface area contributed by atoms with Gasteiger partial charge >= 0.3 is 11.7 Å². The number of hydrogen-bond acceptors (Lipinski definition) is 5. The average molecular weight is 366 g/mol. The molecule has 1 heterocycles. The molecule has 0 unspecified atom stereocenters. The lowest BCUT2D eigenvalue weighted by molar-refractivity contribution is 0.0697. The molecule has 0 bridgehead atoms. The second-order valence-electron chi connectivity index (χ2n) is 5.12. The highest BCUT2D eigenvalue weighted by molar-refractivity contribution is 7.89. The van der Waals surface area contributed by atoms with Gasteiger partial charge in [0.2, 0.25) is 10.0 Å². The van der Waals surface area contributed by atoms with Crippen LogP contribution in [-0.2, 0) is 16.6 Å². The predicted molar refractivity (Wildman–Crippen MR) is 84.2 cm³/mol. The number of hydrogen-bond donors (Lipinski definition) is 3. The zero-order valence-corrected chi connectivity index (χ0v) is 13.3. The van der Waals surface area contributed by atoms with Crippen LogP contribution in [0.4, 0.5) is 4.39 Å². The van der Waals surface area contributed by atoms with E-state index in [9.17, 15) is 22.4 Å². The normalized spacial score (nSPS) is 11.7. The zero-order valence-electron chi connectivity index (χ0n) is 12.4. The summed E-state index contributed by atoms with van der Waals surface area (Å²) in [6.07, 6.45) is 0. The van der Waals surface area contributed by atoms with Crippen molar-refractivity contribution in [2.24, 2.45) is 0 Å². The fourth-order valence-electron chi connectivity index (χ4n) is 2.18. The summed E-state index contributed by atoms with van der Waals surface area (Å²) in [5.74, 6) is -2.97. The van der Waals surface area contributed by atoms with E-state index < -0.39 is 32.5 Å². The topological polar surface area (TPSA) is 129 Å². The molecule has 8 nitrogen and oxygen atoms in total. The second kappa shape index (κ2) is 6.15. The van der Waals surface area contributed by atoms with Crippen molar-refractivity contribution in [3.8, 4) is 0 Å². The minimum Gasteiger partial charge on any atom is -0.478 e. The van der Waals surface area contributed by atoms with Crippen LogP contribution in [0.2, 0.25) is 0 Å². The van der Waals surface area contributed by atoms with E-state index >= 15 is 0 Å². The van der Waals surface area contributed by atoms with Crippen molar-refractivity contribution in [2.45, 2.75) is 11.4 Å². The number of sulfonamides is 1. The highest BCUT2D eigenvalue weighted by Crippen LogP contribution is 2.21. The van der Waals surface area contributed by atoms with E-state index in [1.807, 2.05) is 0 Å². The van der Waals surface area contributed by atoms with Crippen molar-refractivity contribution in [3.63, 3.8) is 0 Å². The second-order valence-corrected chi connectivity index (χ2v) is 6.86. The molecule has 0 saturated heterocycles. The van der Waals surface area contributed by atoms with Crippen molar-refractivity contribution in [1.29, 1.82) is 0 Å². The molecule has 0 aliphatic heterocycles. The number of aromatic amines is 1. The molecule has 130 valence electrons.